The molecule has 0 spiro atoms. The molecule has 1 saturated carbocycles. The van der Waals surface area contributed by atoms with Crippen LogP contribution in [0.25, 0.3) is 0 Å². The van der Waals surface area contributed by atoms with Crippen LogP contribution in [0.2, 0.25) is 0 Å². The largest absolute Gasteiger partial charge is 0.349 e. The third kappa shape index (κ3) is 2.43. The lowest BCUT2D eigenvalue weighted by molar-refractivity contribution is -0.126. The molecule has 0 bridgehead atoms. The Balaban J connectivity index is 2.01. The first kappa shape index (κ1) is 13.1. The number of rotatable bonds is 3. The molecule has 92 valence electrons. The molecule has 1 N–H and O–H groups in total. The van der Waals surface area contributed by atoms with Gasteiger partial charge < -0.3 is 5.32 Å². The summed E-state index contributed by atoms with van der Waals surface area (Å²) in [5, 5.41) is 3.06. The molecule has 0 saturated heterocycles. The van der Waals surface area contributed by atoms with Gasteiger partial charge in [-0.25, -0.2) is 0 Å². The Morgan fingerprint density at radius 3 is 2.35 bits per heavy atom. The molecule has 4 heteroatoms. The van der Waals surface area contributed by atoms with E-state index in [2.05, 4.69) is 37.2 Å². The summed E-state index contributed by atoms with van der Waals surface area (Å²) in [6.07, 6.45) is 0.813. The van der Waals surface area contributed by atoms with E-state index in [9.17, 15) is 4.79 Å². The zero-order valence-electron chi connectivity index (χ0n) is 9.84. The van der Waals surface area contributed by atoms with Crippen molar-refractivity contribution in [1.29, 1.82) is 0 Å². The molecule has 1 aromatic carbocycles. The van der Waals surface area contributed by atoms with Crippen LogP contribution in [0.1, 0.15) is 31.9 Å². The van der Waals surface area contributed by atoms with Crippen LogP contribution in [0.15, 0.2) is 30.3 Å². The minimum Gasteiger partial charge on any atom is -0.349 e. The second-order valence-electron chi connectivity index (χ2n) is 4.82. The predicted molar refractivity (Wildman–Crippen MR) is 76.3 cm³/mol. The minimum absolute atomic E-state index is 0.0388. The van der Waals surface area contributed by atoms with Crippen LogP contribution in [0.3, 0.4) is 0 Å². The molecule has 2 nitrogen and oxygen atoms in total. The van der Waals surface area contributed by atoms with Crippen molar-refractivity contribution in [3.63, 3.8) is 0 Å². The van der Waals surface area contributed by atoms with Crippen molar-refractivity contribution in [2.24, 2.45) is 5.41 Å². The number of alkyl halides is 2. The Hall–Kier alpha value is -0.350. The zero-order valence-corrected chi connectivity index (χ0v) is 13.0. The lowest BCUT2D eigenvalue weighted by atomic mass is 10.1. The predicted octanol–water partition coefficient (Wildman–Crippen LogP) is 3.76. The molecular formula is C13H15Br2NO. The van der Waals surface area contributed by atoms with Crippen molar-refractivity contribution in [3.8, 4) is 0 Å². The Morgan fingerprint density at radius 1 is 1.35 bits per heavy atom. The molecule has 0 aliphatic heterocycles. The summed E-state index contributed by atoms with van der Waals surface area (Å²) < 4.78 is -0.229. The molecule has 0 unspecified atom stereocenters. The Bertz CT molecular complexity index is 432. The van der Waals surface area contributed by atoms with E-state index >= 15 is 0 Å². The smallest absolute Gasteiger partial charge is 0.228 e. The van der Waals surface area contributed by atoms with Crippen LogP contribution in [0.4, 0.5) is 0 Å². The molecular weight excluding hydrogens is 346 g/mol. The van der Waals surface area contributed by atoms with Gasteiger partial charge in [0.15, 0.2) is 0 Å². The fourth-order valence-electron chi connectivity index (χ4n) is 1.83. The molecule has 2 atom stereocenters. The van der Waals surface area contributed by atoms with Gasteiger partial charge >= 0.3 is 0 Å². The molecule has 2 rings (SSSR count). The summed E-state index contributed by atoms with van der Waals surface area (Å²) in [4.78, 5) is 12.2. The van der Waals surface area contributed by atoms with E-state index in [-0.39, 0.29) is 20.6 Å². The maximum atomic E-state index is 12.2. The Kier molecular flexibility index (Phi) is 3.38. The highest BCUT2D eigenvalue weighted by molar-refractivity contribution is 9.25. The van der Waals surface area contributed by atoms with E-state index in [0.717, 1.165) is 12.0 Å². The van der Waals surface area contributed by atoms with Gasteiger partial charge in [0.1, 0.15) is 0 Å². The summed E-state index contributed by atoms with van der Waals surface area (Å²) in [5.41, 5.74) is 0.774. The third-order valence-electron chi connectivity index (χ3n) is 3.41. The molecule has 0 aromatic heterocycles. The van der Waals surface area contributed by atoms with Gasteiger partial charge in [0.2, 0.25) is 5.91 Å². The number of amides is 1. The summed E-state index contributed by atoms with van der Waals surface area (Å²) >= 11 is 7.02. The van der Waals surface area contributed by atoms with E-state index < -0.39 is 0 Å². The SMILES string of the molecule is C[C@H](NC(=O)[C@]1(C)CC1(Br)Br)c1ccccc1. The van der Waals surface area contributed by atoms with Crippen molar-refractivity contribution in [2.75, 3.05) is 0 Å². The first-order valence-corrected chi connectivity index (χ1v) is 7.19. The van der Waals surface area contributed by atoms with Gasteiger partial charge in [0.05, 0.1) is 14.7 Å². The maximum absolute atomic E-state index is 12.2. The molecule has 1 fully saturated rings. The van der Waals surface area contributed by atoms with Crippen LogP contribution in [0, 0.1) is 5.41 Å². The molecule has 17 heavy (non-hydrogen) atoms. The molecule has 1 aliphatic carbocycles. The first-order valence-electron chi connectivity index (χ1n) is 5.60. The van der Waals surface area contributed by atoms with Crippen LogP contribution < -0.4 is 5.32 Å². The van der Waals surface area contributed by atoms with Crippen molar-refractivity contribution in [1.82, 2.24) is 5.32 Å². The van der Waals surface area contributed by atoms with Crippen molar-refractivity contribution < 1.29 is 4.79 Å². The second-order valence-corrected chi connectivity index (χ2v) is 8.59. The van der Waals surface area contributed by atoms with E-state index in [1.165, 1.54) is 0 Å². The molecule has 0 radical (unpaired) electrons. The average Bonchev–Trinajstić information content (AvgIpc) is 2.81. The standard InChI is InChI=1S/C13H15Br2NO/c1-9(10-6-4-3-5-7-10)16-11(17)12(2)8-13(12,14)15/h3-7,9H,8H2,1-2H3,(H,16,17)/t9-,12-/m0/s1. The van der Waals surface area contributed by atoms with Crippen molar-refractivity contribution in [3.05, 3.63) is 35.9 Å². The monoisotopic (exact) mass is 359 g/mol. The number of halogens is 2. The van der Waals surface area contributed by atoms with E-state index in [0.29, 0.717) is 0 Å². The van der Waals surface area contributed by atoms with Crippen LogP contribution in [-0.2, 0) is 4.79 Å². The van der Waals surface area contributed by atoms with Crippen LogP contribution in [-0.4, -0.2) is 9.14 Å². The van der Waals surface area contributed by atoms with Gasteiger partial charge in [0, 0.05) is 0 Å². The lowest BCUT2D eigenvalue weighted by Crippen LogP contribution is -2.34. The highest BCUT2D eigenvalue weighted by Crippen LogP contribution is 2.66. The third-order valence-corrected chi connectivity index (χ3v) is 5.72. The first-order chi connectivity index (χ1) is 7.87. The fraction of sp³-hybridized carbons (Fsp3) is 0.462. The highest BCUT2D eigenvalue weighted by atomic mass is 79.9. The van der Waals surface area contributed by atoms with E-state index in [4.69, 9.17) is 0 Å². The fourth-order valence-corrected chi connectivity index (χ4v) is 3.31. The quantitative estimate of drug-likeness (QED) is 0.817. The lowest BCUT2D eigenvalue weighted by Gasteiger charge is -2.18. The highest BCUT2D eigenvalue weighted by Gasteiger charge is 2.66. The van der Waals surface area contributed by atoms with E-state index in [1.54, 1.807) is 0 Å². The van der Waals surface area contributed by atoms with E-state index in [1.807, 2.05) is 44.2 Å². The topological polar surface area (TPSA) is 29.1 Å². The number of carbonyl (C=O) groups is 1. The Morgan fingerprint density at radius 2 is 1.88 bits per heavy atom. The minimum atomic E-state index is -0.351. The average molecular weight is 361 g/mol. The van der Waals surface area contributed by atoms with Gasteiger partial charge in [-0.2, -0.15) is 0 Å². The van der Waals surface area contributed by atoms with Crippen molar-refractivity contribution >= 4 is 37.8 Å². The maximum Gasteiger partial charge on any atom is 0.228 e. The summed E-state index contributed by atoms with van der Waals surface area (Å²) in [5.74, 6) is 0.0857. The van der Waals surface area contributed by atoms with Crippen LogP contribution >= 0.6 is 31.9 Å². The second kappa shape index (κ2) is 4.39. The van der Waals surface area contributed by atoms with Crippen molar-refractivity contribution in [2.45, 2.75) is 29.5 Å². The number of nitrogens with one attached hydrogen (secondary N) is 1. The molecule has 0 heterocycles. The van der Waals surface area contributed by atoms with Gasteiger partial charge in [0.25, 0.3) is 0 Å². The number of hydrogen-bond donors (Lipinski definition) is 1. The Labute approximate surface area is 118 Å². The number of carbonyl (C=O) groups excluding carboxylic acids is 1. The van der Waals surface area contributed by atoms with Gasteiger partial charge in [-0.05, 0) is 25.8 Å². The molecule has 1 amide bonds. The normalized spacial score (nSPS) is 27.3. The number of benzene rings is 1. The summed E-state index contributed by atoms with van der Waals surface area (Å²) in [6.45, 7) is 3.96. The zero-order chi connectivity index (χ0) is 12.7. The molecule has 1 aromatic rings. The number of hydrogen-bond acceptors (Lipinski definition) is 1. The van der Waals surface area contributed by atoms with Gasteiger partial charge in [-0.15, -0.1) is 0 Å². The van der Waals surface area contributed by atoms with Gasteiger partial charge in [-0.1, -0.05) is 62.2 Å². The van der Waals surface area contributed by atoms with Crippen LogP contribution in [0.5, 0.6) is 0 Å². The van der Waals surface area contributed by atoms with Gasteiger partial charge in [-0.3, -0.25) is 4.79 Å². The summed E-state index contributed by atoms with van der Waals surface area (Å²) in [7, 11) is 0. The molecule has 1 aliphatic rings. The summed E-state index contributed by atoms with van der Waals surface area (Å²) in [6, 6.07) is 10.0.